The minimum atomic E-state index is -0.0715. The fourth-order valence-corrected chi connectivity index (χ4v) is 2.66. The first-order chi connectivity index (χ1) is 10.7. The third kappa shape index (κ3) is 4.43. The first-order valence-electron chi connectivity index (χ1n) is 7.94. The fraction of sp³-hybridized carbons (Fsp3) is 0.588. The zero-order valence-corrected chi connectivity index (χ0v) is 14.6. The quantitative estimate of drug-likeness (QED) is 0.925. The first-order valence-corrected chi connectivity index (χ1v) is 7.94. The number of likely N-dealkylation sites (N-methyl/N-ethyl adjacent to an activating group) is 1. The van der Waals surface area contributed by atoms with Crippen LogP contribution in [0.4, 0.5) is 5.82 Å². The van der Waals surface area contributed by atoms with Gasteiger partial charge in [0, 0.05) is 38.8 Å². The molecule has 0 bridgehead atoms. The smallest absolute Gasteiger partial charge is 0.255 e. The van der Waals surface area contributed by atoms with E-state index in [1.54, 1.807) is 36.0 Å². The first kappa shape index (κ1) is 17.2. The summed E-state index contributed by atoms with van der Waals surface area (Å²) in [4.78, 5) is 31.8. The Morgan fingerprint density at radius 2 is 2.04 bits per heavy atom. The van der Waals surface area contributed by atoms with Crippen molar-refractivity contribution in [2.24, 2.45) is 0 Å². The lowest BCUT2D eigenvalue weighted by molar-refractivity contribution is -0.129. The number of carbonyl (C=O) groups is 2. The second-order valence-electron chi connectivity index (χ2n) is 7.13. The molecule has 2 heterocycles. The molecule has 23 heavy (non-hydrogen) atoms. The van der Waals surface area contributed by atoms with E-state index in [9.17, 15) is 9.59 Å². The minimum absolute atomic E-state index is 0.0285. The molecule has 2 rings (SSSR count). The van der Waals surface area contributed by atoms with Crippen LogP contribution in [-0.2, 0) is 4.79 Å². The van der Waals surface area contributed by atoms with Gasteiger partial charge < -0.3 is 15.1 Å². The van der Waals surface area contributed by atoms with Crippen molar-refractivity contribution in [1.29, 1.82) is 0 Å². The molecule has 126 valence electrons. The van der Waals surface area contributed by atoms with Crippen LogP contribution >= 0.6 is 0 Å². The number of pyridine rings is 1. The molecule has 1 aromatic heterocycles. The van der Waals surface area contributed by atoms with Gasteiger partial charge in [-0.05, 0) is 39.3 Å². The zero-order chi connectivity index (χ0) is 17.2. The molecule has 0 saturated carbocycles. The average Bonchev–Trinajstić information content (AvgIpc) is 2.94. The Morgan fingerprint density at radius 1 is 1.35 bits per heavy atom. The highest BCUT2D eigenvalue weighted by atomic mass is 16.2. The van der Waals surface area contributed by atoms with E-state index in [-0.39, 0.29) is 23.4 Å². The average molecular weight is 318 g/mol. The molecule has 1 saturated heterocycles. The summed E-state index contributed by atoms with van der Waals surface area (Å²) in [5, 5.41) is 3.27. The molecule has 0 aliphatic carbocycles. The third-order valence-corrected chi connectivity index (χ3v) is 4.01. The number of nitrogens with one attached hydrogen (secondary N) is 1. The van der Waals surface area contributed by atoms with E-state index in [4.69, 9.17) is 0 Å². The Balaban J connectivity index is 2.00. The maximum absolute atomic E-state index is 12.5. The monoisotopic (exact) mass is 318 g/mol. The molecule has 0 aromatic carbocycles. The van der Waals surface area contributed by atoms with Gasteiger partial charge in [0.2, 0.25) is 5.91 Å². The van der Waals surface area contributed by atoms with E-state index in [0.29, 0.717) is 18.7 Å². The van der Waals surface area contributed by atoms with Crippen molar-refractivity contribution in [3.8, 4) is 0 Å². The van der Waals surface area contributed by atoms with Crippen LogP contribution in [0.15, 0.2) is 18.3 Å². The Kier molecular flexibility index (Phi) is 4.92. The van der Waals surface area contributed by atoms with E-state index in [1.165, 1.54) is 0 Å². The van der Waals surface area contributed by atoms with Crippen molar-refractivity contribution in [1.82, 2.24) is 14.8 Å². The molecule has 0 spiro atoms. The maximum atomic E-state index is 12.5. The number of anilines is 1. The number of hydrogen-bond donors (Lipinski definition) is 1. The molecule has 6 heteroatoms. The molecule has 1 N–H and O–H groups in total. The van der Waals surface area contributed by atoms with Crippen LogP contribution in [-0.4, -0.2) is 58.3 Å². The van der Waals surface area contributed by atoms with Gasteiger partial charge in [0.05, 0.1) is 11.6 Å². The van der Waals surface area contributed by atoms with E-state index in [2.05, 4.69) is 31.1 Å². The lowest BCUT2D eigenvalue weighted by Crippen LogP contribution is -2.38. The van der Waals surface area contributed by atoms with Crippen molar-refractivity contribution in [3.05, 3.63) is 23.9 Å². The second kappa shape index (κ2) is 6.56. The second-order valence-corrected chi connectivity index (χ2v) is 7.13. The number of hydrogen-bond acceptors (Lipinski definition) is 4. The third-order valence-electron chi connectivity index (χ3n) is 4.01. The number of nitrogens with zero attached hydrogens (tertiary/aromatic N) is 3. The number of amides is 2. The number of likely N-dealkylation sites (tertiary alicyclic amines) is 1. The predicted molar refractivity (Wildman–Crippen MR) is 90.4 cm³/mol. The molecule has 1 fully saturated rings. The lowest BCUT2D eigenvalue weighted by Gasteiger charge is -2.23. The summed E-state index contributed by atoms with van der Waals surface area (Å²) in [7, 11) is 1.79. The maximum Gasteiger partial charge on any atom is 0.255 e. The normalized spacial score (nSPS) is 18.0. The summed E-state index contributed by atoms with van der Waals surface area (Å²) in [6.07, 6.45) is 2.43. The molecular formula is C17H26N4O2. The van der Waals surface area contributed by atoms with Crippen LogP contribution in [0.1, 0.15) is 44.5 Å². The summed E-state index contributed by atoms with van der Waals surface area (Å²) in [5.74, 6) is 0.757. The molecule has 0 radical (unpaired) electrons. The molecule has 2 amide bonds. The largest absolute Gasteiger partial charge is 0.365 e. The van der Waals surface area contributed by atoms with Gasteiger partial charge in [-0.2, -0.15) is 0 Å². The van der Waals surface area contributed by atoms with Crippen molar-refractivity contribution in [3.63, 3.8) is 0 Å². The van der Waals surface area contributed by atoms with Crippen LogP contribution in [0.5, 0.6) is 0 Å². The highest BCUT2D eigenvalue weighted by Crippen LogP contribution is 2.18. The van der Waals surface area contributed by atoms with Crippen LogP contribution in [0.25, 0.3) is 0 Å². The van der Waals surface area contributed by atoms with Crippen molar-refractivity contribution >= 4 is 17.6 Å². The van der Waals surface area contributed by atoms with E-state index in [0.717, 1.165) is 12.2 Å². The topological polar surface area (TPSA) is 65.5 Å². The van der Waals surface area contributed by atoms with Crippen LogP contribution in [0, 0.1) is 0 Å². The Labute approximate surface area is 137 Å². The van der Waals surface area contributed by atoms with Gasteiger partial charge >= 0.3 is 0 Å². The summed E-state index contributed by atoms with van der Waals surface area (Å²) >= 11 is 0. The number of carbonyl (C=O) groups excluding carboxylic acids is 2. The molecular weight excluding hydrogens is 292 g/mol. The van der Waals surface area contributed by atoms with E-state index >= 15 is 0 Å². The highest BCUT2D eigenvalue weighted by Gasteiger charge is 2.30. The zero-order valence-electron chi connectivity index (χ0n) is 14.6. The summed E-state index contributed by atoms with van der Waals surface area (Å²) in [6, 6.07) is 3.73. The van der Waals surface area contributed by atoms with Gasteiger partial charge in [-0.1, -0.05) is 0 Å². The van der Waals surface area contributed by atoms with Crippen molar-refractivity contribution in [2.45, 2.75) is 45.7 Å². The molecule has 1 atom stereocenters. The van der Waals surface area contributed by atoms with E-state index < -0.39 is 0 Å². The van der Waals surface area contributed by atoms with Gasteiger partial charge in [-0.15, -0.1) is 0 Å². The molecule has 1 aromatic rings. The molecule has 6 nitrogen and oxygen atoms in total. The Morgan fingerprint density at radius 3 is 2.57 bits per heavy atom. The van der Waals surface area contributed by atoms with Crippen LogP contribution < -0.4 is 5.32 Å². The number of rotatable bonds is 3. The van der Waals surface area contributed by atoms with E-state index in [1.807, 2.05) is 6.07 Å². The Hall–Kier alpha value is -2.11. The van der Waals surface area contributed by atoms with Crippen LogP contribution in [0.2, 0.25) is 0 Å². The van der Waals surface area contributed by atoms with Gasteiger partial charge in [0.15, 0.2) is 0 Å². The summed E-state index contributed by atoms with van der Waals surface area (Å²) in [5.41, 5.74) is 0.508. The van der Waals surface area contributed by atoms with Gasteiger partial charge in [0.1, 0.15) is 5.82 Å². The molecule has 0 unspecified atom stereocenters. The number of aromatic nitrogens is 1. The SMILES string of the molecule is CC(=O)N(C)[C@@H]1CCN(C(=O)c2ccc(NC(C)(C)C)nc2)C1. The van der Waals surface area contributed by atoms with Gasteiger partial charge in [-0.3, -0.25) is 9.59 Å². The predicted octanol–water partition coefficient (Wildman–Crippen LogP) is 1.98. The van der Waals surface area contributed by atoms with Crippen molar-refractivity contribution < 1.29 is 9.59 Å². The summed E-state index contributed by atoms with van der Waals surface area (Å²) < 4.78 is 0. The standard InChI is InChI=1S/C17H26N4O2/c1-12(22)20(5)14-8-9-21(11-14)16(23)13-6-7-15(18-10-13)19-17(2,3)4/h6-7,10,14H,8-9,11H2,1-5H3,(H,18,19)/t14-/m1/s1. The minimum Gasteiger partial charge on any atom is -0.365 e. The highest BCUT2D eigenvalue weighted by molar-refractivity contribution is 5.94. The molecule has 1 aliphatic rings. The van der Waals surface area contributed by atoms with Crippen LogP contribution in [0.3, 0.4) is 0 Å². The summed E-state index contributed by atoms with van der Waals surface area (Å²) in [6.45, 7) is 8.98. The van der Waals surface area contributed by atoms with Crippen molar-refractivity contribution in [2.75, 3.05) is 25.5 Å². The fourth-order valence-electron chi connectivity index (χ4n) is 2.66. The lowest BCUT2D eigenvalue weighted by atomic mass is 10.1. The Bertz CT molecular complexity index is 577. The van der Waals surface area contributed by atoms with Gasteiger partial charge in [-0.25, -0.2) is 4.98 Å². The van der Waals surface area contributed by atoms with Gasteiger partial charge in [0.25, 0.3) is 5.91 Å². The molecule has 1 aliphatic heterocycles.